The quantitative estimate of drug-likeness (QED) is 0.587. The normalized spacial score (nSPS) is 12.4. The van der Waals surface area contributed by atoms with Gasteiger partial charge in [-0.15, -0.1) is 0 Å². The second-order valence-corrected chi connectivity index (χ2v) is 4.46. The number of hydrogen-bond acceptors (Lipinski definition) is 2. The van der Waals surface area contributed by atoms with E-state index in [1.807, 2.05) is 25.1 Å². The van der Waals surface area contributed by atoms with Gasteiger partial charge < -0.3 is 10.8 Å². The highest BCUT2D eigenvalue weighted by Gasteiger charge is 2.21. The maximum atomic E-state index is 11.3. The summed E-state index contributed by atoms with van der Waals surface area (Å²) in [7, 11) is 0. The lowest BCUT2D eigenvalue weighted by Gasteiger charge is -2.16. The number of aliphatic carboxylic acids is 1. The highest BCUT2D eigenvalue weighted by Crippen LogP contribution is 2.29. The van der Waals surface area contributed by atoms with Gasteiger partial charge in [0.2, 0.25) is 0 Å². The van der Waals surface area contributed by atoms with Crippen molar-refractivity contribution in [2.45, 2.75) is 45.4 Å². The topological polar surface area (TPSA) is 63.3 Å². The van der Waals surface area contributed by atoms with Gasteiger partial charge in [0.05, 0.1) is 5.92 Å². The fourth-order valence-electron chi connectivity index (χ4n) is 2.02. The van der Waals surface area contributed by atoms with Crippen LogP contribution in [-0.2, 0) is 4.79 Å². The molecule has 1 atom stereocenters. The first-order valence-corrected chi connectivity index (χ1v) is 6.15. The number of carboxylic acid groups (broad SMARTS) is 1. The molecule has 0 amide bonds. The van der Waals surface area contributed by atoms with Crippen molar-refractivity contribution >= 4 is 11.7 Å². The average molecular weight is 235 g/mol. The van der Waals surface area contributed by atoms with Crippen LogP contribution in [0.2, 0.25) is 0 Å². The van der Waals surface area contributed by atoms with Gasteiger partial charge in [0.1, 0.15) is 0 Å². The number of hydrogen-bond donors (Lipinski definition) is 2. The molecular weight excluding hydrogens is 214 g/mol. The van der Waals surface area contributed by atoms with Crippen LogP contribution < -0.4 is 5.73 Å². The molecule has 0 heterocycles. The van der Waals surface area contributed by atoms with Crippen LogP contribution in [-0.4, -0.2) is 11.1 Å². The van der Waals surface area contributed by atoms with E-state index < -0.39 is 11.9 Å². The van der Waals surface area contributed by atoms with Gasteiger partial charge in [0, 0.05) is 5.69 Å². The Morgan fingerprint density at radius 1 is 1.41 bits per heavy atom. The lowest BCUT2D eigenvalue weighted by molar-refractivity contribution is -0.139. The number of carboxylic acids is 1. The van der Waals surface area contributed by atoms with Crippen molar-refractivity contribution in [3.8, 4) is 0 Å². The third-order valence-electron chi connectivity index (χ3n) is 3.13. The molecule has 0 aromatic heterocycles. The first-order valence-electron chi connectivity index (χ1n) is 6.15. The van der Waals surface area contributed by atoms with Crippen molar-refractivity contribution in [1.82, 2.24) is 0 Å². The zero-order valence-corrected chi connectivity index (χ0v) is 10.6. The molecule has 1 rings (SSSR count). The van der Waals surface area contributed by atoms with Crippen molar-refractivity contribution in [3.63, 3.8) is 0 Å². The maximum Gasteiger partial charge on any atom is 0.311 e. The smallest absolute Gasteiger partial charge is 0.311 e. The predicted octanol–water partition coefficient (Wildman–Crippen LogP) is 3.33. The Balaban J connectivity index is 2.90. The lowest BCUT2D eigenvalue weighted by Crippen LogP contribution is -2.14. The van der Waals surface area contributed by atoms with Crippen LogP contribution in [0.4, 0.5) is 5.69 Å². The largest absolute Gasteiger partial charge is 0.481 e. The van der Waals surface area contributed by atoms with Crippen molar-refractivity contribution in [2.24, 2.45) is 0 Å². The Labute approximate surface area is 103 Å². The molecule has 94 valence electrons. The molecule has 1 unspecified atom stereocenters. The van der Waals surface area contributed by atoms with Crippen LogP contribution in [0.5, 0.6) is 0 Å². The summed E-state index contributed by atoms with van der Waals surface area (Å²) in [6.07, 6.45) is 3.75. The number of para-hydroxylation sites is 1. The molecule has 0 bridgehead atoms. The SMILES string of the molecule is CCCCCC(C(=O)O)c1cccc(C)c1N. The van der Waals surface area contributed by atoms with Crippen molar-refractivity contribution < 1.29 is 9.90 Å². The van der Waals surface area contributed by atoms with Crippen LogP contribution in [0.1, 0.15) is 49.7 Å². The Bertz CT molecular complexity index is 388. The van der Waals surface area contributed by atoms with E-state index in [1.54, 1.807) is 0 Å². The number of unbranched alkanes of at least 4 members (excludes halogenated alkanes) is 2. The minimum atomic E-state index is -0.779. The van der Waals surface area contributed by atoms with E-state index in [9.17, 15) is 9.90 Å². The van der Waals surface area contributed by atoms with E-state index >= 15 is 0 Å². The standard InChI is InChI=1S/C14H21NO2/c1-3-4-5-8-12(14(16)17)11-9-6-7-10(2)13(11)15/h6-7,9,12H,3-5,8,15H2,1-2H3,(H,16,17). The van der Waals surface area contributed by atoms with Crippen LogP contribution in [0.25, 0.3) is 0 Å². The first-order chi connectivity index (χ1) is 8.07. The second-order valence-electron chi connectivity index (χ2n) is 4.46. The van der Waals surface area contributed by atoms with Crippen LogP contribution in [0.15, 0.2) is 18.2 Å². The summed E-state index contributed by atoms with van der Waals surface area (Å²) in [6.45, 7) is 4.01. The minimum absolute atomic E-state index is 0.471. The third-order valence-corrected chi connectivity index (χ3v) is 3.13. The summed E-state index contributed by atoms with van der Waals surface area (Å²) in [5.74, 6) is -1.25. The van der Waals surface area contributed by atoms with E-state index in [4.69, 9.17) is 5.73 Å². The average Bonchev–Trinajstić information content (AvgIpc) is 2.29. The molecule has 0 aliphatic carbocycles. The lowest BCUT2D eigenvalue weighted by atomic mass is 9.91. The summed E-state index contributed by atoms with van der Waals surface area (Å²) in [5.41, 5.74) is 8.29. The van der Waals surface area contributed by atoms with E-state index in [0.717, 1.165) is 30.4 Å². The number of aryl methyl sites for hydroxylation is 1. The number of nitrogen functional groups attached to an aromatic ring is 1. The van der Waals surface area contributed by atoms with Gasteiger partial charge in [0.15, 0.2) is 0 Å². The molecule has 3 nitrogen and oxygen atoms in total. The zero-order chi connectivity index (χ0) is 12.8. The van der Waals surface area contributed by atoms with E-state index in [-0.39, 0.29) is 0 Å². The third kappa shape index (κ3) is 3.48. The summed E-state index contributed by atoms with van der Waals surface area (Å²) in [6, 6.07) is 5.60. The number of rotatable bonds is 6. The van der Waals surface area contributed by atoms with Crippen molar-refractivity contribution in [2.75, 3.05) is 5.73 Å². The number of anilines is 1. The molecule has 17 heavy (non-hydrogen) atoms. The monoisotopic (exact) mass is 235 g/mol. The first kappa shape index (κ1) is 13.6. The molecule has 1 aromatic carbocycles. The molecule has 0 saturated carbocycles. The molecular formula is C14H21NO2. The van der Waals surface area contributed by atoms with Gasteiger partial charge in [-0.05, 0) is 24.5 Å². The van der Waals surface area contributed by atoms with Crippen LogP contribution >= 0.6 is 0 Å². The molecule has 0 saturated heterocycles. The molecule has 0 spiro atoms. The van der Waals surface area contributed by atoms with E-state index in [1.165, 1.54) is 0 Å². The van der Waals surface area contributed by atoms with E-state index in [0.29, 0.717) is 12.1 Å². The highest BCUT2D eigenvalue weighted by atomic mass is 16.4. The minimum Gasteiger partial charge on any atom is -0.481 e. The molecule has 0 aliphatic heterocycles. The molecule has 3 N–H and O–H groups in total. The van der Waals surface area contributed by atoms with Crippen LogP contribution in [0.3, 0.4) is 0 Å². The number of carbonyl (C=O) groups is 1. The number of benzene rings is 1. The van der Waals surface area contributed by atoms with Gasteiger partial charge in [-0.2, -0.15) is 0 Å². The van der Waals surface area contributed by atoms with Crippen LogP contribution in [0, 0.1) is 6.92 Å². The van der Waals surface area contributed by atoms with Gasteiger partial charge in [-0.3, -0.25) is 4.79 Å². The molecule has 0 fully saturated rings. The van der Waals surface area contributed by atoms with Gasteiger partial charge in [0.25, 0.3) is 0 Å². The maximum absolute atomic E-state index is 11.3. The van der Waals surface area contributed by atoms with Crippen molar-refractivity contribution in [3.05, 3.63) is 29.3 Å². The Hall–Kier alpha value is -1.51. The zero-order valence-electron chi connectivity index (χ0n) is 10.6. The summed E-state index contributed by atoms with van der Waals surface area (Å²) < 4.78 is 0. The number of nitrogens with two attached hydrogens (primary N) is 1. The Kier molecular flexibility index (Phi) is 5.01. The predicted molar refractivity (Wildman–Crippen MR) is 70.1 cm³/mol. The second kappa shape index (κ2) is 6.28. The van der Waals surface area contributed by atoms with E-state index in [2.05, 4.69) is 6.92 Å². The summed E-state index contributed by atoms with van der Waals surface area (Å²) in [5, 5.41) is 9.29. The highest BCUT2D eigenvalue weighted by molar-refractivity contribution is 5.79. The Morgan fingerprint density at radius 2 is 2.12 bits per heavy atom. The van der Waals surface area contributed by atoms with Crippen molar-refractivity contribution in [1.29, 1.82) is 0 Å². The molecule has 3 heteroatoms. The summed E-state index contributed by atoms with van der Waals surface area (Å²) >= 11 is 0. The fraction of sp³-hybridized carbons (Fsp3) is 0.500. The molecule has 0 aliphatic rings. The summed E-state index contributed by atoms with van der Waals surface area (Å²) in [4.78, 5) is 11.3. The van der Waals surface area contributed by atoms with Gasteiger partial charge >= 0.3 is 5.97 Å². The molecule has 0 radical (unpaired) electrons. The Morgan fingerprint density at radius 3 is 2.71 bits per heavy atom. The fourth-order valence-corrected chi connectivity index (χ4v) is 2.02. The van der Waals surface area contributed by atoms with Gasteiger partial charge in [-0.1, -0.05) is 44.4 Å². The molecule has 1 aromatic rings. The van der Waals surface area contributed by atoms with Gasteiger partial charge in [-0.25, -0.2) is 0 Å².